The summed E-state index contributed by atoms with van der Waals surface area (Å²) in [6.07, 6.45) is 2.40. The topological polar surface area (TPSA) is 39.2 Å². The third-order valence-corrected chi connectivity index (χ3v) is 1.90. The van der Waals surface area contributed by atoms with Crippen molar-refractivity contribution in [2.75, 3.05) is 7.11 Å². The van der Waals surface area contributed by atoms with E-state index in [1.54, 1.807) is 19.4 Å². The van der Waals surface area contributed by atoms with E-state index in [4.69, 9.17) is 4.74 Å². The van der Waals surface area contributed by atoms with Gasteiger partial charge in [0, 0.05) is 6.20 Å². The number of Topliss-reactive ketones (excluding diaryl/α,β-unsaturated/α-hetero) is 1. The lowest BCUT2D eigenvalue weighted by Gasteiger charge is -2.08. The van der Waals surface area contributed by atoms with E-state index in [1.807, 2.05) is 6.92 Å². The van der Waals surface area contributed by atoms with Crippen molar-refractivity contribution in [1.29, 1.82) is 0 Å². The summed E-state index contributed by atoms with van der Waals surface area (Å²) in [6, 6.07) is 1.70. The molecule has 0 aliphatic rings. The fourth-order valence-electron chi connectivity index (χ4n) is 1.30. The molecule has 0 aliphatic carbocycles. The van der Waals surface area contributed by atoms with Crippen LogP contribution in [-0.2, 0) is 6.42 Å². The number of carbonyl (C=O) groups excluding carboxylic acids is 1. The predicted octanol–water partition coefficient (Wildman–Crippen LogP) is 1.86. The Morgan fingerprint density at radius 1 is 1.62 bits per heavy atom. The molecule has 0 atom stereocenters. The molecule has 0 saturated heterocycles. The van der Waals surface area contributed by atoms with E-state index >= 15 is 0 Å². The highest BCUT2D eigenvalue weighted by atomic mass is 16.5. The van der Waals surface area contributed by atoms with Crippen LogP contribution < -0.4 is 4.74 Å². The van der Waals surface area contributed by atoms with Crippen LogP contribution in [0.1, 0.15) is 29.9 Å². The predicted molar refractivity (Wildman–Crippen MR) is 50.2 cm³/mol. The minimum absolute atomic E-state index is 0.00167. The lowest BCUT2D eigenvalue weighted by molar-refractivity contribution is 0.101. The van der Waals surface area contributed by atoms with Crippen molar-refractivity contribution in [2.45, 2.75) is 20.3 Å². The van der Waals surface area contributed by atoms with Gasteiger partial charge < -0.3 is 4.74 Å². The fourth-order valence-corrected chi connectivity index (χ4v) is 1.30. The van der Waals surface area contributed by atoms with Gasteiger partial charge in [0.05, 0.1) is 18.4 Å². The lowest BCUT2D eigenvalue weighted by Crippen LogP contribution is -2.04. The first-order valence-corrected chi connectivity index (χ1v) is 4.23. The summed E-state index contributed by atoms with van der Waals surface area (Å²) >= 11 is 0. The standard InChI is InChI=1S/C10H13NO2/c1-4-8-10(7(2)12)9(13-3)5-6-11-8/h5-6H,4H2,1-3H3. The molecule has 0 saturated carbocycles. The van der Waals surface area contributed by atoms with Gasteiger partial charge in [0.25, 0.3) is 0 Å². The van der Waals surface area contributed by atoms with E-state index in [0.29, 0.717) is 11.3 Å². The minimum atomic E-state index is 0.00167. The number of hydrogen-bond donors (Lipinski definition) is 0. The average molecular weight is 179 g/mol. The molecular weight excluding hydrogens is 166 g/mol. The third kappa shape index (κ3) is 1.86. The summed E-state index contributed by atoms with van der Waals surface area (Å²) in [5.41, 5.74) is 1.40. The van der Waals surface area contributed by atoms with E-state index in [-0.39, 0.29) is 5.78 Å². The summed E-state index contributed by atoms with van der Waals surface area (Å²) in [6.45, 7) is 3.49. The maximum absolute atomic E-state index is 11.3. The molecule has 0 aromatic carbocycles. The van der Waals surface area contributed by atoms with Crippen LogP contribution in [0, 0.1) is 0 Å². The monoisotopic (exact) mass is 179 g/mol. The zero-order chi connectivity index (χ0) is 9.84. The second kappa shape index (κ2) is 4.03. The van der Waals surface area contributed by atoms with Gasteiger partial charge in [-0.15, -0.1) is 0 Å². The van der Waals surface area contributed by atoms with Gasteiger partial charge in [-0.05, 0) is 19.4 Å². The number of aryl methyl sites for hydroxylation is 1. The van der Waals surface area contributed by atoms with Crippen LogP contribution in [-0.4, -0.2) is 17.9 Å². The molecule has 13 heavy (non-hydrogen) atoms. The van der Waals surface area contributed by atoms with Crippen LogP contribution in [0.4, 0.5) is 0 Å². The number of methoxy groups -OCH3 is 1. The molecule has 0 radical (unpaired) electrons. The highest BCUT2D eigenvalue weighted by molar-refractivity contribution is 5.97. The van der Waals surface area contributed by atoms with Crippen molar-refractivity contribution in [1.82, 2.24) is 4.98 Å². The zero-order valence-corrected chi connectivity index (χ0v) is 8.13. The molecule has 0 amide bonds. The van der Waals surface area contributed by atoms with Crippen LogP contribution in [0.5, 0.6) is 5.75 Å². The molecule has 0 unspecified atom stereocenters. The van der Waals surface area contributed by atoms with Gasteiger partial charge in [-0.1, -0.05) is 6.92 Å². The van der Waals surface area contributed by atoms with E-state index in [1.165, 1.54) is 6.92 Å². The molecule has 1 heterocycles. The number of hydrogen-bond acceptors (Lipinski definition) is 3. The third-order valence-electron chi connectivity index (χ3n) is 1.90. The molecule has 70 valence electrons. The fraction of sp³-hybridized carbons (Fsp3) is 0.400. The number of nitrogens with zero attached hydrogens (tertiary/aromatic N) is 1. The zero-order valence-electron chi connectivity index (χ0n) is 8.13. The number of carbonyl (C=O) groups is 1. The Hall–Kier alpha value is -1.38. The number of ether oxygens (including phenoxy) is 1. The van der Waals surface area contributed by atoms with Crippen molar-refractivity contribution >= 4 is 5.78 Å². The SMILES string of the molecule is CCc1nccc(OC)c1C(C)=O. The quantitative estimate of drug-likeness (QED) is 0.665. The van der Waals surface area contributed by atoms with E-state index < -0.39 is 0 Å². The highest BCUT2D eigenvalue weighted by Crippen LogP contribution is 2.20. The number of aromatic nitrogens is 1. The summed E-state index contributed by atoms with van der Waals surface area (Å²) in [5.74, 6) is 0.612. The molecule has 0 N–H and O–H groups in total. The summed E-state index contributed by atoms with van der Waals surface area (Å²) in [4.78, 5) is 15.4. The van der Waals surface area contributed by atoms with E-state index in [0.717, 1.165) is 12.1 Å². The maximum atomic E-state index is 11.3. The Morgan fingerprint density at radius 2 is 2.31 bits per heavy atom. The average Bonchev–Trinajstić information content (AvgIpc) is 2.16. The van der Waals surface area contributed by atoms with Gasteiger partial charge in [-0.2, -0.15) is 0 Å². The highest BCUT2D eigenvalue weighted by Gasteiger charge is 2.12. The molecule has 3 heteroatoms. The van der Waals surface area contributed by atoms with Gasteiger partial charge in [-0.25, -0.2) is 0 Å². The molecule has 0 bridgehead atoms. The molecule has 1 aromatic heterocycles. The summed E-state index contributed by atoms with van der Waals surface area (Å²) < 4.78 is 5.09. The van der Waals surface area contributed by atoms with Crippen molar-refractivity contribution in [2.24, 2.45) is 0 Å². The molecule has 0 fully saturated rings. The van der Waals surface area contributed by atoms with Gasteiger partial charge in [-0.3, -0.25) is 9.78 Å². The first-order chi connectivity index (χ1) is 6.20. The Balaban J connectivity index is 3.29. The molecule has 3 nitrogen and oxygen atoms in total. The molecule has 1 rings (SSSR count). The second-order valence-corrected chi connectivity index (χ2v) is 2.74. The molecule has 0 spiro atoms. The number of rotatable bonds is 3. The van der Waals surface area contributed by atoms with Gasteiger partial charge in [0.15, 0.2) is 5.78 Å². The summed E-state index contributed by atoms with van der Waals surface area (Å²) in [5, 5.41) is 0. The smallest absolute Gasteiger partial charge is 0.165 e. The van der Waals surface area contributed by atoms with E-state index in [2.05, 4.69) is 4.98 Å². The van der Waals surface area contributed by atoms with Crippen molar-refractivity contribution in [3.63, 3.8) is 0 Å². The Kier molecular flexibility index (Phi) is 3.01. The largest absolute Gasteiger partial charge is 0.496 e. The van der Waals surface area contributed by atoms with E-state index in [9.17, 15) is 4.79 Å². The molecule has 0 aliphatic heterocycles. The number of pyridine rings is 1. The molecule has 1 aromatic rings. The lowest BCUT2D eigenvalue weighted by atomic mass is 10.1. The second-order valence-electron chi connectivity index (χ2n) is 2.74. The van der Waals surface area contributed by atoms with Crippen LogP contribution in [0.3, 0.4) is 0 Å². The summed E-state index contributed by atoms with van der Waals surface area (Å²) in [7, 11) is 1.56. The molecular formula is C10H13NO2. The number of ketones is 1. The Labute approximate surface area is 77.8 Å². The van der Waals surface area contributed by atoms with Gasteiger partial charge in [0.1, 0.15) is 5.75 Å². The van der Waals surface area contributed by atoms with Crippen molar-refractivity contribution in [3.05, 3.63) is 23.5 Å². The van der Waals surface area contributed by atoms with Crippen LogP contribution in [0.15, 0.2) is 12.3 Å². The van der Waals surface area contributed by atoms with Crippen molar-refractivity contribution < 1.29 is 9.53 Å². The van der Waals surface area contributed by atoms with Crippen LogP contribution in [0.2, 0.25) is 0 Å². The van der Waals surface area contributed by atoms with Gasteiger partial charge >= 0.3 is 0 Å². The van der Waals surface area contributed by atoms with Gasteiger partial charge in [0.2, 0.25) is 0 Å². The van der Waals surface area contributed by atoms with Crippen LogP contribution >= 0.6 is 0 Å². The Bertz CT molecular complexity index is 298. The normalized spacial score (nSPS) is 9.77. The maximum Gasteiger partial charge on any atom is 0.165 e. The minimum Gasteiger partial charge on any atom is -0.496 e. The first kappa shape index (κ1) is 9.71. The Morgan fingerprint density at radius 3 is 2.77 bits per heavy atom. The first-order valence-electron chi connectivity index (χ1n) is 4.23. The van der Waals surface area contributed by atoms with Crippen LogP contribution in [0.25, 0.3) is 0 Å². The van der Waals surface area contributed by atoms with Crippen molar-refractivity contribution in [3.8, 4) is 5.75 Å².